The molecule has 0 bridgehead atoms. The summed E-state index contributed by atoms with van der Waals surface area (Å²) < 4.78 is 28.8. The fraction of sp³-hybridized carbons (Fsp3) is 0.0833. The van der Waals surface area contributed by atoms with Crippen LogP contribution in [-0.4, -0.2) is 10.4 Å². The van der Waals surface area contributed by atoms with Crippen LogP contribution in [0.15, 0.2) is 77.7 Å². The SMILES string of the molecule is Cc1ccc(Cn2cc(C(=O)c3ccc(F)cc3)c(=O)c3cc(F)ccc32)cc1. The molecule has 0 spiro atoms. The second-order valence-electron chi connectivity index (χ2n) is 6.98. The van der Waals surface area contributed by atoms with Gasteiger partial charge in [-0.1, -0.05) is 29.8 Å². The number of carbonyl (C=O) groups is 1. The number of carbonyl (C=O) groups excluding carboxylic acids is 1. The number of hydrogen-bond donors (Lipinski definition) is 0. The first-order valence-corrected chi connectivity index (χ1v) is 9.11. The van der Waals surface area contributed by atoms with Gasteiger partial charge < -0.3 is 4.57 Å². The van der Waals surface area contributed by atoms with Crippen LogP contribution in [0.25, 0.3) is 10.9 Å². The third-order valence-corrected chi connectivity index (χ3v) is 4.87. The second-order valence-corrected chi connectivity index (χ2v) is 6.98. The highest BCUT2D eigenvalue weighted by Crippen LogP contribution is 2.18. The van der Waals surface area contributed by atoms with Crippen molar-refractivity contribution >= 4 is 16.7 Å². The van der Waals surface area contributed by atoms with Crippen molar-refractivity contribution in [3.63, 3.8) is 0 Å². The van der Waals surface area contributed by atoms with E-state index < -0.39 is 22.8 Å². The van der Waals surface area contributed by atoms with Crippen LogP contribution in [0.4, 0.5) is 8.78 Å². The Morgan fingerprint density at radius 3 is 2.24 bits per heavy atom. The third-order valence-electron chi connectivity index (χ3n) is 4.87. The summed E-state index contributed by atoms with van der Waals surface area (Å²) in [5.41, 5.74) is 2.20. The number of halogens is 2. The van der Waals surface area contributed by atoms with Crippen molar-refractivity contribution < 1.29 is 13.6 Å². The van der Waals surface area contributed by atoms with Crippen LogP contribution in [0.2, 0.25) is 0 Å². The summed E-state index contributed by atoms with van der Waals surface area (Å²) in [7, 11) is 0. The Kier molecular flexibility index (Phi) is 4.80. The topological polar surface area (TPSA) is 39.1 Å². The molecule has 0 aliphatic carbocycles. The van der Waals surface area contributed by atoms with Gasteiger partial charge in [-0.15, -0.1) is 0 Å². The Bertz CT molecular complexity index is 1270. The molecule has 4 aromatic rings. The number of fused-ring (bicyclic) bond motifs is 1. The molecule has 1 heterocycles. The minimum Gasteiger partial charge on any atom is -0.342 e. The lowest BCUT2D eigenvalue weighted by Crippen LogP contribution is -2.20. The molecule has 0 amide bonds. The molecule has 5 heteroatoms. The number of ketones is 1. The van der Waals surface area contributed by atoms with Gasteiger partial charge in [0.05, 0.1) is 11.1 Å². The van der Waals surface area contributed by atoms with Gasteiger partial charge in [0.15, 0.2) is 5.78 Å². The lowest BCUT2D eigenvalue weighted by molar-refractivity contribution is 0.103. The number of pyridine rings is 1. The molecule has 0 fully saturated rings. The van der Waals surface area contributed by atoms with Crippen LogP contribution in [0.5, 0.6) is 0 Å². The van der Waals surface area contributed by atoms with E-state index in [-0.39, 0.29) is 16.5 Å². The Labute approximate surface area is 165 Å². The highest BCUT2D eigenvalue weighted by molar-refractivity contribution is 6.10. The van der Waals surface area contributed by atoms with Gasteiger partial charge in [-0.3, -0.25) is 9.59 Å². The van der Waals surface area contributed by atoms with Gasteiger partial charge in [-0.25, -0.2) is 8.78 Å². The Morgan fingerprint density at radius 1 is 0.897 bits per heavy atom. The first kappa shape index (κ1) is 18.7. The molecule has 0 unspecified atom stereocenters. The number of benzene rings is 3. The summed E-state index contributed by atoms with van der Waals surface area (Å²) in [6.07, 6.45) is 1.49. The molecule has 0 saturated carbocycles. The molecule has 4 rings (SSSR count). The van der Waals surface area contributed by atoms with Gasteiger partial charge in [0.1, 0.15) is 11.6 Å². The highest BCUT2D eigenvalue weighted by Gasteiger charge is 2.18. The lowest BCUT2D eigenvalue weighted by Gasteiger charge is -2.14. The molecular formula is C24H17F2NO2. The summed E-state index contributed by atoms with van der Waals surface area (Å²) in [5, 5.41) is 0.130. The van der Waals surface area contributed by atoms with Crippen molar-refractivity contribution in [2.75, 3.05) is 0 Å². The minimum atomic E-state index is -0.553. The van der Waals surface area contributed by atoms with E-state index in [0.717, 1.165) is 17.2 Å². The molecule has 144 valence electrons. The van der Waals surface area contributed by atoms with Crippen molar-refractivity contribution in [2.24, 2.45) is 0 Å². The van der Waals surface area contributed by atoms with Crippen molar-refractivity contribution in [2.45, 2.75) is 13.5 Å². The van der Waals surface area contributed by atoms with Crippen LogP contribution in [0, 0.1) is 18.6 Å². The first-order chi connectivity index (χ1) is 13.9. The molecule has 0 aliphatic rings. The smallest absolute Gasteiger partial charge is 0.200 e. The van der Waals surface area contributed by atoms with E-state index in [0.29, 0.717) is 12.1 Å². The number of aryl methyl sites for hydroxylation is 1. The zero-order valence-corrected chi connectivity index (χ0v) is 15.7. The summed E-state index contributed by atoms with van der Waals surface area (Å²) in [6.45, 7) is 2.40. The van der Waals surface area contributed by atoms with Crippen LogP contribution in [-0.2, 0) is 6.54 Å². The third kappa shape index (κ3) is 3.72. The van der Waals surface area contributed by atoms with E-state index in [1.54, 1.807) is 4.57 Å². The molecule has 0 aliphatic heterocycles. The van der Waals surface area contributed by atoms with E-state index in [4.69, 9.17) is 0 Å². The Balaban J connectivity index is 1.89. The molecule has 0 radical (unpaired) electrons. The molecule has 0 N–H and O–H groups in total. The van der Waals surface area contributed by atoms with Gasteiger partial charge in [0, 0.05) is 23.7 Å². The first-order valence-electron chi connectivity index (χ1n) is 9.11. The van der Waals surface area contributed by atoms with Gasteiger partial charge in [-0.2, -0.15) is 0 Å². The van der Waals surface area contributed by atoms with Crippen molar-refractivity contribution in [3.05, 3.63) is 117 Å². The summed E-state index contributed by atoms with van der Waals surface area (Å²) >= 11 is 0. The van der Waals surface area contributed by atoms with E-state index in [2.05, 4.69) is 0 Å². The molecule has 0 saturated heterocycles. The quantitative estimate of drug-likeness (QED) is 0.467. The van der Waals surface area contributed by atoms with E-state index in [1.165, 1.54) is 42.6 Å². The monoisotopic (exact) mass is 389 g/mol. The van der Waals surface area contributed by atoms with Crippen LogP contribution in [0.1, 0.15) is 27.0 Å². The molecule has 3 nitrogen and oxygen atoms in total. The van der Waals surface area contributed by atoms with Gasteiger partial charge >= 0.3 is 0 Å². The van der Waals surface area contributed by atoms with E-state index >= 15 is 0 Å². The molecular weight excluding hydrogens is 372 g/mol. The Hall–Kier alpha value is -3.60. The predicted octanol–water partition coefficient (Wildman–Crippen LogP) is 4.87. The lowest BCUT2D eigenvalue weighted by atomic mass is 10.0. The van der Waals surface area contributed by atoms with E-state index in [1.807, 2.05) is 31.2 Å². The average Bonchev–Trinajstić information content (AvgIpc) is 2.72. The number of aromatic nitrogens is 1. The number of nitrogens with zero attached hydrogens (tertiary/aromatic N) is 1. The number of hydrogen-bond acceptors (Lipinski definition) is 2. The maximum atomic E-state index is 13.8. The van der Waals surface area contributed by atoms with Crippen LogP contribution in [0.3, 0.4) is 0 Å². The maximum absolute atomic E-state index is 13.8. The molecule has 1 aromatic heterocycles. The predicted molar refractivity (Wildman–Crippen MR) is 108 cm³/mol. The van der Waals surface area contributed by atoms with Crippen LogP contribution < -0.4 is 5.43 Å². The summed E-state index contributed by atoms with van der Waals surface area (Å²) in [4.78, 5) is 25.9. The zero-order valence-electron chi connectivity index (χ0n) is 15.7. The Morgan fingerprint density at radius 2 is 1.55 bits per heavy atom. The molecule has 29 heavy (non-hydrogen) atoms. The zero-order chi connectivity index (χ0) is 20.5. The maximum Gasteiger partial charge on any atom is 0.200 e. The van der Waals surface area contributed by atoms with Gasteiger partial charge in [0.2, 0.25) is 5.43 Å². The number of rotatable bonds is 4. The fourth-order valence-electron chi connectivity index (χ4n) is 3.31. The van der Waals surface area contributed by atoms with Crippen LogP contribution >= 0.6 is 0 Å². The van der Waals surface area contributed by atoms with Crippen molar-refractivity contribution in [1.82, 2.24) is 4.57 Å². The van der Waals surface area contributed by atoms with Gasteiger partial charge in [0.25, 0.3) is 0 Å². The van der Waals surface area contributed by atoms with E-state index in [9.17, 15) is 18.4 Å². The molecule has 3 aromatic carbocycles. The normalized spacial score (nSPS) is 11.0. The average molecular weight is 389 g/mol. The summed E-state index contributed by atoms with van der Waals surface area (Å²) in [5.74, 6) is -1.56. The largest absolute Gasteiger partial charge is 0.342 e. The highest BCUT2D eigenvalue weighted by atomic mass is 19.1. The fourth-order valence-corrected chi connectivity index (χ4v) is 3.31. The minimum absolute atomic E-state index is 0.0816. The summed E-state index contributed by atoms with van der Waals surface area (Å²) in [6, 6.07) is 16.8. The second kappa shape index (κ2) is 7.43. The van der Waals surface area contributed by atoms with Crippen molar-refractivity contribution in [1.29, 1.82) is 0 Å². The molecule has 0 atom stereocenters. The van der Waals surface area contributed by atoms with Gasteiger partial charge in [-0.05, 0) is 55.0 Å². The standard InChI is InChI=1S/C24H17F2NO2/c1-15-2-4-16(5-3-15)13-27-14-21(23(28)17-6-8-18(25)9-7-17)24(29)20-12-19(26)10-11-22(20)27/h2-12,14H,13H2,1H3. The van der Waals surface area contributed by atoms with Crippen molar-refractivity contribution in [3.8, 4) is 0 Å².